The molecule has 0 bridgehead atoms. The van der Waals surface area contributed by atoms with Crippen molar-refractivity contribution in [3.05, 3.63) is 82.4 Å². The number of hydrogen-bond donors (Lipinski definition) is 1. The molecule has 2 heterocycles. The molecule has 0 aliphatic carbocycles. The second kappa shape index (κ2) is 12.9. The minimum Gasteiger partial charge on any atom is -0.507 e. The first-order chi connectivity index (χ1) is 20.1. The maximum atomic E-state index is 13.6. The third-order valence-corrected chi connectivity index (χ3v) is 7.39. The fraction of sp³-hybridized carbons (Fsp3) is 0.290. The number of ether oxygens (including phenoxy) is 4. The molecule has 0 radical (unpaired) electrons. The van der Waals surface area contributed by atoms with E-state index in [1.165, 1.54) is 18.1 Å². The molecule has 1 aliphatic rings. The highest BCUT2D eigenvalue weighted by atomic mass is 32.1. The van der Waals surface area contributed by atoms with Crippen molar-refractivity contribution < 1.29 is 38.4 Å². The summed E-state index contributed by atoms with van der Waals surface area (Å²) in [6.45, 7) is 11.2. The molecule has 4 rings (SSSR count). The Morgan fingerprint density at radius 1 is 1.17 bits per heavy atom. The molecule has 1 aliphatic heterocycles. The van der Waals surface area contributed by atoms with Gasteiger partial charge in [0.2, 0.25) is 0 Å². The number of carbonyl (C=O) groups is 3. The lowest BCUT2D eigenvalue weighted by atomic mass is 9.95. The first-order valence-corrected chi connectivity index (χ1v) is 14.1. The van der Waals surface area contributed by atoms with Crippen molar-refractivity contribution in [2.45, 2.75) is 39.8 Å². The fourth-order valence-electron chi connectivity index (χ4n) is 4.47. The number of benzene rings is 2. The zero-order chi connectivity index (χ0) is 30.6. The van der Waals surface area contributed by atoms with Crippen LogP contribution in [0.4, 0.5) is 5.13 Å². The molecule has 10 nitrogen and oxygen atoms in total. The second-order valence-electron chi connectivity index (χ2n) is 9.50. The van der Waals surface area contributed by atoms with Crippen LogP contribution in [-0.2, 0) is 14.3 Å². The summed E-state index contributed by atoms with van der Waals surface area (Å²) in [7, 11) is 1.48. The number of carbonyl (C=O) groups excluding carboxylic acids is 3. The molecule has 11 heteroatoms. The summed E-state index contributed by atoms with van der Waals surface area (Å²) in [6.07, 6.45) is 1.39. The van der Waals surface area contributed by atoms with Gasteiger partial charge in [-0.1, -0.05) is 30.1 Å². The van der Waals surface area contributed by atoms with Crippen molar-refractivity contribution in [1.82, 2.24) is 4.98 Å². The standard InChI is InChI=1S/C31H32N2O8S/c1-7-15-40-30(37)28-18(5)32-31(42-28)33-25(20-11-14-22(39-8-2)23(16-20)38-6)24(27(35)29(33)36)26(34)19-9-12-21(13-10-19)41-17(3)4/h7,9-14,16-17,25,34H,1,8,15H2,2-6H3/b26-24+. The van der Waals surface area contributed by atoms with Crippen LogP contribution in [0.25, 0.3) is 5.76 Å². The summed E-state index contributed by atoms with van der Waals surface area (Å²) >= 11 is 0.914. The second-order valence-corrected chi connectivity index (χ2v) is 10.5. The molecule has 1 aromatic heterocycles. The van der Waals surface area contributed by atoms with E-state index in [9.17, 15) is 19.5 Å². The van der Waals surface area contributed by atoms with Crippen LogP contribution in [0.15, 0.2) is 60.7 Å². The van der Waals surface area contributed by atoms with Crippen molar-refractivity contribution in [3.8, 4) is 17.2 Å². The number of Topliss-reactive ketones (excluding diaryl/α,β-unsaturated/α-hetero) is 1. The molecular weight excluding hydrogens is 560 g/mol. The van der Waals surface area contributed by atoms with E-state index in [0.717, 1.165) is 11.3 Å². The molecule has 1 unspecified atom stereocenters. The molecule has 1 N–H and O–H groups in total. The Balaban J connectivity index is 1.89. The number of thiazole rings is 1. The Labute approximate surface area is 247 Å². The number of hydrogen-bond acceptors (Lipinski definition) is 10. The van der Waals surface area contributed by atoms with Gasteiger partial charge in [-0.2, -0.15) is 0 Å². The Bertz CT molecular complexity index is 1540. The van der Waals surface area contributed by atoms with Gasteiger partial charge in [-0.05, 0) is 69.7 Å². The molecule has 0 spiro atoms. The average Bonchev–Trinajstić information content (AvgIpc) is 3.48. The lowest BCUT2D eigenvalue weighted by Crippen LogP contribution is -2.29. The largest absolute Gasteiger partial charge is 0.507 e. The molecule has 3 aromatic rings. The van der Waals surface area contributed by atoms with Crippen LogP contribution in [0.3, 0.4) is 0 Å². The van der Waals surface area contributed by atoms with Crippen molar-refractivity contribution in [1.29, 1.82) is 0 Å². The van der Waals surface area contributed by atoms with E-state index in [0.29, 0.717) is 40.7 Å². The first-order valence-electron chi connectivity index (χ1n) is 13.2. The zero-order valence-electron chi connectivity index (χ0n) is 24.0. The number of aliphatic hydroxyl groups is 1. The Hall–Kier alpha value is -4.64. The van der Waals surface area contributed by atoms with Gasteiger partial charge in [0.15, 0.2) is 16.6 Å². The lowest BCUT2D eigenvalue weighted by molar-refractivity contribution is -0.132. The van der Waals surface area contributed by atoms with Crippen LogP contribution in [0.1, 0.15) is 53.3 Å². The van der Waals surface area contributed by atoms with Crippen LogP contribution < -0.4 is 19.1 Å². The summed E-state index contributed by atoms with van der Waals surface area (Å²) in [5.74, 6) is -1.38. The Morgan fingerprint density at radius 2 is 1.88 bits per heavy atom. The maximum Gasteiger partial charge on any atom is 0.350 e. The minimum atomic E-state index is -1.09. The van der Waals surface area contributed by atoms with E-state index >= 15 is 0 Å². The molecule has 2 aromatic carbocycles. The van der Waals surface area contributed by atoms with Crippen LogP contribution in [0.5, 0.6) is 17.2 Å². The van der Waals surface area contributed by atoms with Crippen LogP contribution >= 0.6 is 11.3 Å². The van der Waals surface area contributed by atoms with Gasteiger partial charge in [0.05, 0.1) is 37.1 Å². The molecule has 1 atom stereocenters. The summed E-state index contributed by atoms with van der Waals surface area (Å²) in [6, 6.07) is 10.5. The zero-order valence-corrected chi connectivity index (χ0v) is 24.8. The lowest BCUT2D eigenvalue weighted by Gasteiger charge is -2.24. The monoisotopic (exact) mass is 592 g/mol. The molecule has 42 heavy (non-hydrogen) atoms. The fourth-order valence-corrected chi connectivity index (χ4v) is 5.46. The molecule has 1 amide bonds. The van der Waals surface area contributed by atoms with Gasteiger partial charge in [-0.25, -0.2) is 9.78 Å². The molecule has 220 valence electrons. The van der Waals surface area contributed by atoms with Gasteiger partial charge in [-0.3, -0.25) is 14.5 Å². The predicted molar refractivity (Wildman–Crippen MR) is 158 cm³/mol. The number of nitrogens with zero attached hydrogens (tertiary/aromatic N) is 2. The van der Waals surface area contributed by atoms with Crippen LogP contribution in [0.2, 0.25) is 0 Å². The number of ketones is 1. The van der Waals surface area contributed by atoms with Gasteiger partial charge in [0, 0.05) is 5.56 Å². The maximum absolute atomic E-state index is 13.6. The van der Waals surface area contributed by atoms with Crippen molar-refractivity contribution >= 4 is 39.9 Å². The number of esters is 1. The predicted octanol–water partition coefficient (Wildman–Crippen LogP) is 5.62. The van der Waals surface area contributed by atoms with Gasteiger partial charge in [0.1, 0.15) is 23.0 Å². The molecular formula is C31H32N2O8S. The van der Waals surface area contributed by atoms with Crippen LogP contribution in [-0.4, -0.2) is 54.2 Å². The average molecular weight is 593 g/mol. The molecule has 1 saturated heterocycles. The highest BCUT2D eigenvalue weighted by Gasteiger charge is 2.48. The summed E-state index contributed by atoms with van der Waals surface area (Å²) in [4.78, 5) is 45.6. The number of anilines is 1. The van der Waals surface area contributed by atoms with Crippen molar-refractivity contribution in [2.24, 2.45) is 0 Å². The van der Waals surface area contributed by atoms with E-state index in [4.69, 9.17) is 18.9 Å². The smallest absolute Gasteiger partial charge is 0.350 e. The van der Waals surface area contributed by atoms with E-state index in [-0.39, 0.29) is 34.1 Å². The number of aliphatic hydroxyl groups excluding tert-OH is 1. The number of aromatic nitrogens is 1. The number of methoxy groups -OCH3 is 1. The first kappa shape index (κ1) is 30.3. The Morgan fingerprint density at radius 3 is 2.50 bits per heavy atom. The SMILES string of the molecule is C=CCOC(=O)c1sc(N2C(=O)C(=O)/C(=C(/O)c3ccc(OC(C)C)cc3)C2c2ccc(OCC)c(OC)c2)nc1C. The minimum absolute atomic E-state index is 0.00297. The summed E-state index contributed by atoms with van der Waals surface area (Å²) in [5.41, 5.74) is 0.956. The van der Waals surface area contributed by atoms with Gasteiger partial charge >= 0.3 is 11.9 Å². The number of rotatable bonds is 11. The van der Waals surface area contributed by atoms with Crippen LogP contribution in [0, 0.1) is 6.92 Å². The van der Waals surface area contributed by atoms with E-state index < -0.39 is 23.7 Å². The van der Waals surface area contributed by atoms with Gasteiger partial charge in [0.25, 0.3) is 5.78 Å². The number of amides is 1. The van der Waals surface area contributed by atoms with E-state index in [1.807, 2.05) is 20.8 Å². The topological polar surface area (TPSA) is 124 Å². The highest BCUT2D eigenvalue weighted by molar-refractivity contribution is 7.17. The summed E-state index contributed by atoms with van der Waals surface area (Å²) in [5, 5.41) is 11.6. The Kier molecular flexibility index (Phi) is 9.31. The molecule has 0 saturated carbocycles. The summed E-state index contributed by atoms with van der Waals surface area (Å²) < 4.78 is 22.0. The normalized spacial score (nSPS) is 16.0. The van der Waals surface area contributed by atoms with Crippen molar-refractivity contribution in [3.63, 3.8) is 0 Å². The highest BCUT2D eigenvalue weighted by Crippen LogP contribution is 2.45. The quantitative estimate of drug-likeness (QED) is 0.0994. The molecule has 1 fully saturated rings. The van der Waals surface area contributed by atoms with E-state index in [2.05, 4.69) is 11.6 Å². The van der Waals surface area contributed by atoms with Crippen molar-refractivity contribution in [2.75, 3.05) is 25.2 Å². The van der Waals surface area contributed by atoms with Gasteiger partial charge in [-0.15, -0.1) is 0 Å². The third kappa shape index (κ3) is 6.01. The van der Waals surface area contributed by atoms with E-state index in [1.54, 1.807) is 49.4 Å². The third-order valence-electron chi connectivity index (χ3n) is 6.26. The number of aryl methyl sites for hydroxylation is 1. The van der Waals surface area contributed by atoms with Gasteiger partial charge < -0.3 is 24.1 Å².